The molecule has 3 nitrogen and oxygen atoms in total. The van der Waals surface area contributed by atoms with Crippen LogP contribution in [0.25, 0.3) is 0 Å². The standard InChI is InChI=1S/C15H28O3/c1-3-5-6-7-8-9-10-12-17-14-18-15(13-16)11-4-2/h11,13H,3-10,12,14H2,1-2H3/b15-11+. The molecule has 106 valence electrons. The molecule has 0 spiro atoms. The van der Waals surface area contributed by atoms with Crippen LogP contribution in [-0.4, -0.2) is 19.7 Å². The van der Waals surface area contributed by atoms with Gasteiger partial charge in [-0.2, -0.15) is 0 Å². The molecule has 0 aliphatic rings. The molecule has 0 rings (SSSR count). The minimum absolute atomic E-state index is 0.181. The second-order valence-electron chi connectivity index (χ2n) is 4.42. The minimum atomic E-state index is 0.181. The normalized spacial score (nSPS) is 11.6. The molecule has 0 aliphatic carbocycles. The van der Waals surface area contributed by atoms with Crippen LogP contribution >= 0.6 is 0 Å². The highest BCUT2D eigenvalue weighted by Gasteiger charge is 1.95. The molecule has 0 saturated heterocycles. The van der Waals surface area contributed by atoms with Crippen molar-refractivity contribution in [1.82, 2.24) is 0 Å². The summed E-state index contributed by atoms with van der Waals surface area (Å²) in [7, 11) is 0. The van der Waals surface area contributed by atoms with Crippen LogP contribution < -0.4 is 0 Å². The molecule has 0 aromatic carbocycles. The van der Waals surface area contributed by atoms with Crippen LogP contribution in [-0.2, 0) is 14.3 Å². The molecule has 0 fully saturated rings. The first-order chi connectivity index (χ1) is 8.85. The molecule has 3 heteroatoms. The highest BCUT2D eigenvalue weighted by atomic mass is 16.7. The number of allylic oxidation sites excluding steroid dienone is 2. The summed E-state index contributed by atoms with van der Waals surface area (Å²) >= 11 is 0. The molecule has 0 N–H and O–H groups in total. The predicted molar refractivity (Wildman–Crippen MR) is 74.3 cm³/mol. The maximum absolute atomic E-state index is 10.5. The van der Waals surface area contributed by atoms with Gasteiger partial charge in [-0.25, -0.2) is 0 Å². The third kappa shape index (κ3) is 11.6. The molecule has 18 heavy (non-hydrogen) atoms. The smallest absolute Gasteiger partial charge is 0.189 e. The van der Waals surface area contributed by atoms with Crippen molar-refractivity contribution < 1.29 is 14.3 Å². The lowest BCUT2D eigenvalue weighted by Gasteiger charge is -2.06. The van der Waals surface area contributed by atoms with Gasteiger partial charge in [0.15, 0.2) is 18.8 Å². The van der Waals surface area contributed by atoms with Crippen molar-refractivity contribution in [3.8, 4) is 0 Å². The van der Waals surface area contributed by atoms with Crippen molar-refractivity contribution in [3.63, 3.8) is 0 Å². The zero-order valence-corrected chi connectivity index (χ0v) is 12.0. The number of hydrogen-bond donors (Lipinski definition) is 0. The van der Waals surface area contributed by atoms with E-state index in [9.17, 15) is 4.79 Å². The van der Waals surface area contributed by atoms with E-state index in [1.165, 1.54) is 38.5 Å². The minimum Gasteiger partial charge on any atom is -0.464 e. The SMILES string of the molecule is CC/C=C(\C=O)OCOCCCCCCCCC. The summed E-state index contributed by atoms with van der Waals surface area (Å²) in [6.07, 6.45) is 12.2. The van der Waals surface area contributed by atoms with Gasteiger partial charge in [-0.1, -0.05) is 52.4 Å². The number of carbonyl (C=O) groups is 1. The zero-order chi connectivity index (χ0) is 13.5. The Balaban J connectivity index is 3.20. The van der Waals surface area contributed by atoms with Gasteiger partial charge in [0.05, 0.1) is 6.61 Å². The molecular formula is C15H28O3. The first-order valence-electron chi connectivity index (χ1n) is 7.21. The summed E-state index contributed by atoms with van der Waals surface area (Å²) < 4.78 is 10.5. The maximum atomic E-state index is 10.5. The van der Waals surface area contributed by atoms with Crippen molar-refractivity contribution in [2.24, 2.45) is 0 Å². The molecule has 0 aliphatic heterocycles. The van der Waals surface area contributed by atoms with Crippen molar-refractivity contribution in [1.29, 1.82) is 0 Å². The van der Waals surface area contributed by atoms with Crippen LogP contribution in [0.5, 0.6) is 0 Å². The quantitative estimate of drug-likeness (QED) is 0.163. The Bertz CT molecular complexity index is 212. The van der Waals surface area contributed by atoms with Gasteiger partial charge in [0.1, 0.15) is 0 Å². The van der Waals surface area contributed by atoms with Gasteiger partial charge < -0.3 is 9.47 Å². The number of rotatable bonds is 13. The second kappa shape index (κ2) is 14.2. The van der Waals surface area contributed by atoms with E-state index in [4.69, 9.17) is 9.47 Å². The summed E-state index contributed by atoms with van der Waals surface area (Å²) in [4.78, 5) is 10.5. The lowest BCUT2D eigenvalue weighted by Crippen LogP contribution is -2.02. The van der Waals surface area contributed by atoms with Gasteiger partial charge in [0.2, 0.25) is 0 Å². The van der Waals surface area contributed by atoms with Gasteiger partial charge in [-0.15, -0.1) is 0 Å². The largest absolute Gasteiger partial charge is 0.464 e. The molecular weight excluding hydrogens is 228 g/mol. The second-order valence-corrected chi connectivity index (χ2v) is 4.42. The average molecular weight is 256 g/mol. The number of hydrogen-bond acceptors (Lipinski definition) is 3. The van der Waals surface area contributed by atoms with Crippen LogP contribution in [0.4, 0.5) is 0 Å². The Morgan fingerprint density at radius 1 is 1.00 bits per heavy atom. The summed E-state index contributed by atoms with van der Waals surface area (Å²) in [5.41, 5.74) is 0. The monoisotopic (exact) mass is 256 g/mol. The Hall–Kier alpha value is -0.830. The number of carbonyl (C=O) groups excluding carboxylic acids is 1. The first-order valence-corrected chi connectivity index (χ1v) is 7.21. The van der Waals surface area contributed by atoms with E-state index in [2.05, 4.69) is 6.92 Å². The van der Waals surface area contributed by atoms with Crippen LogP contribution in [0.15, 0.2) is 11.8 Å². The molecule has 0 heterocycles. The van der Waals surface area contributed by atoms with E-state index < -0.39 is 0 Å². The van der Waals surface area contributed by atoms with Gasteiger partial charge >= 0.3 is 0 Å². The van der Waals surface area contributed by atoms with Crippen LogP contribution in [0.2, 0.25) is 0 Å². The van der Waals surface area contributed by atoms with E-state index in [-0.39, 0.29) is 6.79 Å². The number of unbranched alkanes of at least 4 members (excludes halogenated alkanes) is 6. The average Bonchev–Trinajstić information content (AvgIpc) is 2.39. The number of ether oxygens (including phenoxy) is 2. The molecule has 0 saturated carbocycles. The third-order valence-electron chi connectivity index (χ3n) is 2.72. The highest BCUT2D eigenvalue weighted by Crippen LogP contribution is 2.06. The van der Waals surface area contributed by atoms with Crippen molar-refractivity contribution in [3.05, 3.63) is 11.8 Å². The topological polar surface area (TPSA) is 35.5 Å². The van der Waals surface area contributed by atoms with Crippen LogP contribution in [0, 0.1) is 0 Å². The van der Waals surface area contributed by atoms with E-state index >= 15 is 0 Å². The first kappa shape index (κ1) is 17.2. The lowest BCUT2D eigenvalue weighted by atomic mass is 10.1. The lowest BCUT2D eigenvalue weighted by molar-refractivity contribution is -0.111. The van der Waals surface area contributed by atoms with Gasteiger partial charge in [0.25, 0.3) is 0 Å². The summed E-state index contributed by atoms with van der Waals surface area (Å²) in [5, 5.41) is 0. The molecule has 0 aromatic rings. The summed E-state index contributed by atoms with van der Waals surface area (Å²) in [5.74, 6) is 0.372. The van der Waals surface area contributed by atoms with Crippen molar-refractivity contribution >= 4 is 6.29 Å². The Kier molecular flexibility index (Phi) is 13.6. The third-order valence-corrected chi connectivity index (χ3v) is 2.72. The fraction of sp³-hybridized carbons (Fsp3) is 0.800. The molecule has 0 bridgehead atoms. The fourth-order valence-corrected chi connectivity index (χ4v) is 1.67. The van der Waals surface area contributed by atoms with Crippen LogP contribution in [0.1, 0.15) is 65.2 Å². The molecule has 0 unspecified atom stereocenters. The van der Waals surface area contributed by atoms with E-state index in [1.807, 2.05) is 6.92 Å². The predicted octanol–water partition coefficient (Wildman–Crippen LogP) is 4.22. The van der Waals surface area contributed by atoms with E-state index in [0.717, 1.165) is 19.1 Å². The van der Waals surface area contributed by atoms with Crippen molar-refractivity contribution in [2.45, 2.75) is 65.2 Å². The fourth-order valence-electron chi connectivity index (χ4n) is 1.67. The Labute approximate surface area is 112 Å². The van der Waals surface area contributed by atoms with E-state index in [0.29, 0.717) is 12.4 Å². The van der Waals surface area contributed by atoms with Gasteiger partial charge in [-0.05, 0) is 18.9 Å². The Morgan fingerprint density at radius 2 is 1.67 bits per heavy atom. The summed E-state index contributed by atoms with van der Waals surface area (Å²) in [6, 6.07) is 0. The number of aldehydes is 1. The molecule has 0 aromatic heterocycles. The zero-order valence-electron chi connectivity index (χ0n) is 12.0. The molecule has 0 radical (unpaired) electrons. The Morgan fingerprint density at radius 3 is 2.28 bits per heavy atom. The van der Waals surface area contributed by atoms with Crippen LogP contribution in [0.3, 0.4) is 0 Å². The molecule has 0 atom stereocenters. The van der Waals surface area contributed by atoms with Crippen molar-refractivity contribution in [2.75, 3.05) is 13.4 Å². The highest BCUT2D eigenvalue weighted by molar-refractivity contribution is 5.69. The van der Waals surface area contributed by atoms with Gasteiger partial charge in [-0.3, -0.25) is 4.79 Å². The maximum Gasteiger partial charge on any atom is 0.189 e. The molecule has 0 amide bonds. The van der Waals surface area contributed by atoms with Gasteiger partial charge in [0, 0.05) is 0 Å². The van der Waals surface area contributed by atoms with E-state index in [1.54, 1.807) is 6.08 Å². The summed E-state index contributed by atoms with van der Waals surface area (Å²) in [6.45, 7) is 5.09.